The first-order valence-electron chi connectivity index (χ1n) is 7.78. The summed E-state index contributed by atoms with van der Waals surface area (Å²) in [6.07, 6.45) is 0.600. The van der Waals surface area contributed by atoms with Gasteiger partial charge in [0, 0.05) is 30.2 Å². The largest absolute Gasteiger partial charge is 0.480 e. The van der Waals surface area contributed by atoms with E-state index in [1.165, 1.54) is 30.4 Å². The Balaban J connectivity index is 2.51. The van der Waals surface area contributed by atoms with Gasteiger partial charge in [-0.2, -0.15) is 12.6 Å². The molecule has 1 aromatic carbocycles. The molecule has 8 heteroatoms. The second-order valence-corrected chi connectivity index (χ2v) is 7.97. The minimum atomic E-state index is -0.957. The molecular weight excluding hydrogens is 378 g/mol. The molecule has 2 N–H and O–H groups in total. The molecule has 25 heavy (non-hydrogen) atoms. The Bertz CT molecular complexity index is 568. The van der Waals surface area contributed by atoms with E-state index in [0.29, 0.717) is 18.1 Å². The fourth-order valence-corrected chi connectivity index (χ4v) is 3.92. The van der Waals surface area contributed by atoms with Crippen LogP contribution < -0.4 is 5.32 Å². The van der Waals surface area contributed by atoms with Gasteiger partial charge >= 0.3 is 5.97 Å². The van der Waals surface area contributed by atoms with Crippen LogP contribution in [0.2, 0.25) is 0 Å². The number of carbonyl (C=O) groups excluding carboxylic acids is 2. The summed E-state index contributed by atoms with van der Waals surface area (Å²) >= 11 is 6.49. The SMILES string of the molecule is CC(=O)SC[C@@H](Cc1ccccc1)C(=O)CSCN[C@@H](CS)C(=O)O. The maximum absolute atomic E-state index is 12.5. The standard InChI is InChI=1S/C17H23NO4S3/c1-12(19)25-9-14(7-13-5-3-2-4-6-13)16(20)10-24-11-18-15(8-23)17(21)22/h2-6,14-15,18,23H,7-11H2,1H3,(H,21,22)/t14-,15+/m1/s1. The summed E-state index contributed by atoms with van der Waals surface area (Å²) < 4.78 is 0. The molecule has 0 saturated heterocycles. The maximum Gasteiger partial charge on any atom is 0.321 e. The van der Waals surface area contributed by atoms with Gasteiger partial charge < -0.3 is 5.11 Å². The van der Waals surface area contributed by atoms with Crippen molar-refractivity contribution in [2.24, 2.45) is 5.92 Å². The van der Waals surface area contributed by atoms with Crippen LogP contribution in [0, 0.1) is 5.92 Å². The summed E-state index contributed by atoms with van der Waals surface area (Å²) in [5.41, 5.74) is 1.06. The Morgan fingerprint density at radius 2 is 1.92 bits per heavy atom. The Morgan fingerprint density at radius 1 is 1.24 bits per heavy atom. The molecule has 0 radical (unpaired) electrons. The van der Waals surface area contributed by atoms with Gasteiger partial charge in [0.05, 0.1) is 5.75 Å². The van der Waals surface area contributed by atoms with Gasteiger partial charge in [-0.1, -0.05) is 42.1 Å². The summed E-state index contributed by atoms with van der Waals surface area (Å²) in [6, 6.07) is 9.00. The molecule has 0 aliphatic heterocycles. The predicted octanol–water partition coefficient (Wildman–Crippen LogP) is 2.36. The molecule has 0 spiro atoms. The first-order chi connectivity index (χ1) is 11.9. The molecular formula is C17H23NO4S3. The second-order valence-electron chi connectivity index (χ2n) is 5.43. The van der Waals surface area contributed by atoms with E-state index in [2.05, 4.69) is 17.9 Å². The lowest BCUT2D eigenvalue weighted by atomic mass is 9.98. The fraction of sp³-hybridized carbons (Fsp3) is 0.471. The first-order valence-corrected chi connectivity index (χ1v) is 10.6. The van der Waals surface area contributed by atoms with E-state index in [4.69, 9.17) is 5.11 Å². The van der Waals surface area contributed by atoms with Crippen molar-refractivity contribution in [1.82, 2.24) is 5.32 Å². The number of aliphatic carboxylic acids is 1. The third-order valence-electron chi connectivity index (χ3n) is 3.42. The molecule has 0 unspecified atom stereocenters. The highest BCUT2D eigenvalue weighted by atomic mass is 32.2. The number of nitrogens with one attached hydrogen (secondary N) is 1. The number of ketones is 1. The van der Waals surface area contributed by atoms with Crippen molar-refractivity contribution in [1.29, 1.82) is 0 Å². The third kappa shape index (κ3) is 9.34. The number of thioether (sulfide) groups is 2. The number of carbonyl (C=O) groups is 3. The monoisotopic (exact) mass is 401 g/mol. The van der Waals surface area contributed by atoms with Crippen LogP contribution >= 0.6 is 36.2 Å². The van der Waals surface area contributed by atoms with Crippen molar-refractivity contribution >= 4 is 53.0 Å². The molecule has 0 heterocycles. The number of benzene rings is 1. The normalized spacial score (nSPS) is 13.2. The van der Waals surface area contributed by atoms with Crippen LogP contribution in [0.5, 0.6) is 0 Å². The van der Waals surface area contributed by atoms with Crippen LogP contribution in [0.25, 0.3) is 0 Å². The number of carboxylic acids is 1. The summed E-state index contributed by atoms with van der Waals surface area (Å²) in [4.78, 5) is 34.6. The highest BCUT2D eigenvalue weighted by molar-refractivity contribution is 8.13. The van der Waals surface area contributed by atoms with Crippen LogP contribution in [0.4, 0.5) is 0 Å². The number of hydrogen-bond donors (Lipinski definition) is 3. The molecule has 1 rings (SSSR count). The Kier molecular flexibility index (Phi) is 11.0. The summed E-state index contributed by atoms with van der Waals surface area (Å²) in [6.45, 7) is 1.50. The average molecular weight is 402 g/mol. The molecule has 0 amide bonds. The zero-order valence-corrected chi connectivity index (χ0v) is 16.5. The van der Waals surface area contributed by atoms with E-state index in [1.54, 1.807) is 0 Å². The van der Waals surface area contributed by atoms with Gasteiger partial charge in [0.25, 0.3) is 0 Å². The minimum absolute atomic E-state index is 0.00161. The van der Waals surface area contributed by atoms with Gasteiger partial charge in [0.15, 0.2) is 5.12 Å². The van der Waals surface area contributed by atoms with Gasteiger partial charge in [0.2, 0.25) is 0 Å². The number of rotatable bonds is 12. The first kappa shape index (κ1) is 22.1. The summed E-state index contributed by atoms with van der Waals surface area (Å²) in [7, 11) is 0. The van der Waals surface area contributed by atoms with Crippen molar-refractivity contribution in [2.45, 2.75) is 19.4 Å². The number of carboxylic acid groups (broad SMARTS) is 1. The Labute approximate surface area is 162 Å². The van der Waals surface area contributed by atoms with Crippen molar-refractivity contribution in [3.63, 3.8) is 0 Å². The lowest BCUT2D eigenvalue weighted by Crippen LogP contribution is -2.38. The molecule has 138 valence electrons. The van der Waals surface area contributed by atoms with E-state index >= 15 is 0 Å². The van der Waals surface area contributed by atoms with Crippen LogP contribution in [0.15, 0.2) is 30.3 Å². The highest BCUT2D eigenvalue weighted by Gasteiger charge is 2.20. The average Bonchev–Trinajstić information content (AvgIpc) is 2.58. The van der Waals surface area contributed by atoms with Gasteiger partial charge in [-0.3, -0.25) is 19.7 Å². The fourth-order valence-electron chi connectivity index (χ4n) is 2.04. The molecule has 5 nitrogen and oxygen atoms in total. The van der Waals surface area contributed by atoms with Gasteiger partial charge in [-0.15, -0.1) is 11.8 Å². The van der Waals surface area contributed by atoms with Crippen LogP contribution in [-0.4, -0.2) is 51.2 Å². The van der Waals surface area contributed by atoms with Crippen LogP contribution in [0.3, 0.4) is 0 Å². The molecule has 0 bridgehead atoms. The summed E-state index contributed by atoms with van der Waals surface area (Å²) in [5, 5.41) is 11.8. The van der Waals surface area contributed by atoms with E-state index in [0.717, 1.165) is 5.56 Å². The zero-order chi connectivity index (χ0) is 18.7. The molecule has 0 aliphatic carbocycles. The molecule has 1 aromatic rings. The zero-order valence-electron chi connectivity index (χ0n) is 14.0. The van der Waals surface area contributed by atoms with Gasteiger partial charge in [-0.05, 0) is 12.0 Å². The lowest BCUT2D eigenvalue weighted by Gasteiger charge is -2.16. The highest BCUT2D eigenvalue weighted by Crippen LogP contribution is 2.18. The molecule has 0 fully saturated rings. The van der Waals surface area contributed by atoms with E-state index in [1.807, 2.05) is 30.3 Å². The van der Waals surface area contributed by atoms with E-state index < -0.39 is 12.0 Å². The van der Waals surface area contributed by atoms with Crippen molar-refractivity contribution in [3.05, 3.63) is 35.9 Å². The quantitative estimate of drug-likeness (QED) is 0.282. The number of Topliss-reactive ketones (excluding diaryl/α,β-unsaturated/α-hetero) is 1. The summed E-state index contributed by atoms with van der Waals surface area (Å²) in [5.74, 6) is 0.178. The van der Waals surface area contributed by atoms with Gasteiger partial charge in [-0.25, -0.2) is 0 Å². The van der Waals surface area contributed by atoms with Crippen molar-refractivity contribution in [3.8, 4) is 0 Å². The molecule has 0 aromatic heterocycles. The van der Waals surface area contributed by atoms with Gasteiger partial charge in [0.1, 0.15) is 11.8 Å². The smallest absolute Gasteiger partial charge is 0.321 e. The van der Waals surface area contributed by atoms with Crippen molar-refractivity contribution < 1.29 is 19.5 Å². The topological polar surface area (TPSA) is 83.5 Å². The van der Waals surface area contributed by atoms with E-state index in [-0.39, 0.29) is 28.3 Å². The molecule has 0 aliphatic rings. The number of hydrogen-bond acceptors (Lipinski definition) is 7. The Morgan fingerprint density at radius 3 is 2.48 bits per heavy atom. The van der Waals surface area contributed by atoms with E-state index in [9.17, 15) is 14.4 Å². The second kappa shape index (κ2) is 12.4. The Hall–Kier alpha value is -0.960. The lowest BCUT2D eigenvalue weighted by molar-refractivity contribution is -0.138. The minimum Gasteiger partial charge on any atom is -0.480 e. The maximum atomic E-state index is 12.5. The molecule has 0 saturated carbocycles. The predicted molar refractivity (Wildman–Crippen MR) is 108 cm³/mol. The third-order valence-corrected chi connectivity index (χ3v) is 5.62. The van der Waals surface area contributed by atoms with Crippen LogP contribution in [0.1, 0.15) is 12.5 Å². The number of thiol groups is 1. The molecule has 2 atom stereocenters. The van der Waals surface area contributed by atoms with Crippen LogP contribution in [-0.2, 0) is 20.8 Å². The van der Waals surface area contributed by atoms with Crippen molar-refractivity contribution in [2.75, 3.05) is 23.1 Å².